The van der Waals surface area contributed by atoms with Crippen LogP contribution in [0.25, 0.3) is 0 Å². The minimum absolute atomic E-state index is 0.264. The van der Waals surface area contributed by atoms with Crippen molar-refractivity contribution in [1.29, 1.82) is 0 Å². The van der Waals surface area contributed by atoms with Crippen LogP contribution in [-0.2, 0) is 35.1 Å². The number of carbonyl (C=O) groups is 2. The molecule has 112 valence electrons. The number of hydrogen-bond acceptors (Lipinski definition) is 7. The van der Waals surface area contributed by atoms with Gasteiger partial charge in [0.05, 0.1) is 13.7 Å². The molecule has 2 saturated heterocycles. The molecule has 0 aliphatic carbocycles. The number of methoxy groups -OCH3 is 1. The Hall–Kier alpha value is -2.12. The molecule has 0 N–H and O–H groups in total. The van der Waals surface area contributed by atoms with Gasteiger partial charge in [-0.1, -0.05) is 30.3 Å². The Morgan fingerprint density at radius 2 is 1.90 bits per heavy atom. The smallest absolute Gasteiger partial charge is 0.467 e. The normalized spacial score (nSPS) is 30.4. The number of esters is 1. The highest BCUT2D eigenvalue weighted by Crippen LogP contribution is 2.33. The SMILES string of the molecule is COC(=O)C1O[C@@H](OCc2ccccc2)[C@@H]2OC(=O)O[C@H]12. The topological polar surface area (TPSA) is 80.3 Å². The third-order valence-corrected chi connectivity index (χ3v) is 3.33. The molecule has 2 aliphatic heterocycles. The number of rotatable bonds is 4. The Balaban J connectivity index is 1.68. The largest absolute Gasteiger partial charge is 0.509 e. The van der Waals surface area contributed by atoms with Gasteiger partial charge in [0, 0.05) is 0 Å². The molecule has 0 saturated carbocycles. The van der Waals surface area contributed by atoms with Crippen molar-refractivity contribution < 1.29 is 33.3 Å². The molecule has 2 heterocycles. The molecule has 1 unspecified atom stereocenters. The van der Waals surface area contributed by atoms with Crippen molar-refractivity contribution in [2.24, 2.45) is 0 Å². The van der Waals surface area contributed by atoms with Gasteiger partial charge in [-0.2, -0.15) is 0 Å². The molecule has 7 heteroatoms. The number of hydrogen-bond donors (Lipinski definition) is 0. The quantitative estimate of drug-likeness (QED) is 0.766. The van der Waals surface area contributed by atoms with Crippen LogP contribution in [0.5, 0.6) is 0 Å². The summed E-state index contributed by atoms with van der Waals surface area (Å²) in [7, 11) is 1.23. The average molecular weight is 294 g/mol. The summed E-state index contributed by atoms with van der Waals surface area (Å²) >= 11 is 0. The molecule has 0 bridgehead atoms. The van der Waals surface area contributed by atoms with E-state index in [1.165, 1.54) is 7.11 Å². The van der Waals surface area contributed by atoms with Crippen LogP contribution in [-0.4, -0.2) is 43.8 Å². The molecular weight excluding hydrogens is 280 g/mol. The highest BCUT2D eigenvalue weighted by atomic mass is 16.8. The van der Waals surface area contributed by atoms with Gasteiger partial charge in [0.2, 0.25) is 0 Å². The van der Waals surface area contributed by atoms with E-state index in [1.54, 1.807) is 0 Å². The van der Waals surface area contributed by atoms with Crippen LogP contribution in [0.2, 0.25) is 0 Å². The van der Waals surface area contributed by atoms with Crippen molar-refractivity contribution in [2.75, 3.05) is 7.11 Å². The van der Waals surface area contributed by atoms with Gasteiger partial charge in [0.25, 0.3) is 0 Å². The predicted octanol–water partition coefficient (Wildman–Crippen LogP) is 1.01. The van der Waals surface area contributed by atoms with E-state index in [0.717, 1.165) is 5.56 Å². The third-order valence-electron chi connectivity index (χ3n) is 3.33. The fourth-order valence-electron chi connectivity index (χ4n) is 2.32. The zero-order chi connectivity index (χ0) is 14.8. The Kier molecular flexibility index (Phi) is 3.76. The molecule has 0 radical (unpaired) electrons. The molecular formula is C14H14O7. The first-order valence-corrected chi connectivity index (χ1v) is 6.45. The van der Waals surface area contributed by atoms with Crippen molar-refractivity contribution in [3.8, 4) is 0 Å². The van der Waals surface area contributed by atoms with Crippen molar-refractivity contribution in [3.05, 3.63) is 35.9 Å². The molecule has 0 amide bonds. The minimum atomic E-state index is -1.03. The van der Waals surface area contributed by atoms with Crippen molar-refractivity contribution in [2.45, 2.75) is 31.2 Å². The standard InChI is InChI=1S/C14H14O7/c1-17-12(15)10-9-11(21-14(16)20-9)13(19-10)18-7-8-5-3-2-4-6-8/h2-6,9-11,13H,7H2,1H3/t9-,10?,11-,13-/m1/s1. The molecule has 2 aliphatic rings. The second-order valence-electron chi connectivity index (χ2n) is 4.66. The summed E-state index contributed by atoms with van der Waals surface area (Å²) in [6.07, 6.45) is -4.36. The Morgan fingerprint density at radius 3 is 2.62 bits per heavy atom. The van der Waals surface area contributed by atoms with E-state index in [9.17, 15) is 9.59 Å². The van der Waals surface area contributed by atoms with Gasteiger partial charge in [0.15, 0.2) is 24.6 Å². The van der Waals surface area contributed by atoms with E-state index in [2.05, 4.69) is 4.74 Å². The summed E-state index contributed by atoms with van der Waals surface area (Å²) in [5.74, 6) is -0.630. The summed E-state index contributed by atoms with van der Waals surface area (Å²) in [6.45, 7) is 0.264. The van der Waals surface area contributed by atoms with Crippen LogP contribution >= 0.6 is 0 Å². The van der Waals surface area contributed by atoms with Gasteiger partial charge in [-0.25, -0.2) is 9.59 Å². The maximum absolute atomic E-state index is 11.6. The first-order chi connectivity index (χ1) is 10.2. The molecule has 0 aromatic heterocycles. The number of benzene rings is 1. The van der Waals surface area contributed by atoms with Gasteiger partial charge in [-0.3, -0.25) is 0 Å². The molecule has 7 nitrogen and oxygen atoms in total. The number of ether oxygens (including phenoxy) is 5. The summed E-state index contributed by atoms with van der Waals surface area (Å²) in [6, 6.07) is 9.44. The van der Waals surface area contributed by atoms with Crippen LogP contribution in [0.15, 0.2) is 30.3 Å². The summed E-state index contributed by atoms with van der Waals surface area (Å²) in [4.78, 5) is 22.9. The van der Waals surface area contributed by atoms with Gasteiger partial charge in [0.1, 0.15) is 0 Å². The third kappa shape index (κ3) is 2.70. The van der Waals surface area contributed by atoms with Crippen LogP contribution < -0.4 is 0 Å². The van der Waals surface area contributed by atoms with E-state index in [-0.39, 0.29) is 6.61 Å². The summed E-state index contributed by atoms with van der Waals surface area (Å²) in [5, 5.41) is 0. The van der Waals surface area contributed by atoms with Crippen LogP contribution in [0.3, 0.4) is 0 Å². The lowest BCUT2D eigenvalue weighted by molar-refractivity contribution is -0.189. The van der Waals surface area contributed by atoms with Gasteiger partial charge < -0.3 is 23.7 Å². The number of carbonyl (C=O) groups excluding carboxylic acids is 2. The summed E-state index contributed by atoms with van der Waals surface area (Å²) in [5.41, 5.74) is 0.935. The molecule has 4 atom stereocenters. The number of fused-ring (bicyclic) bond motifs is 1. The van der Waals surface area contributed by atoms with Gasteiger partial charge in [-0.05, 0) is 5.56 Å². The second kappa shape index (κ2) is 5.71. The Morgan fingerprint density at radius 1 is 1.19 bits per heavy atom. The minimum Gasteiger partial charge on any atom is -0.467 e. The maximum atomic E-state index is 11.6. The molecule has 2 fully saturated rings. The van der Waals surface area contributed by atoms with E-state index >= 15 is 0 Å². The van der Waals surface area contributed by atoms with Gasteiger partial charge in [-0.15, -0.1) is 0 Å². The highest BCUT2D eigenvalue weighted by Gasteiger charge is 2.58. The second-order valence-corrected chi connectivity index (χ2v) is 4.66. The van der Waals surface area contributed by atoms with E-state index in [4.69, 9.17) is 18.9 Å². The molecule has 3 rings (SSSR count). The fraction of sp³-hybridized carbons (Fsp3) is 0.429. The Labute approximate surface area is 120 Å². The van der Waals surface area contributed by atoms with Crippen LogP contribution in [0, 0.1) is 0 Å². The lowest BCUT2D eigenvalue weighted by Gasteiger charge is -2.16. The first kappa shape index (κ1) is 13.8. The zero-order valence-corrected chi connectivity index (χ0v) is 11.3. The average Bonchev–Trinajstić information content (AvgIpc) is 3.03. The molecule has 21 heavy (non-hydrogen) atoms. The van der Waals surface area contributed by atoms with Crippen molar-refractivity contribution in [1.82, 2.24) is 0 Å². The first-order valence-electron chi connectivity index (χ1n) is 6.45. The summed E-state index contributed by atoms with van der Waals surface area (Å²) < 4.78 is 25.6. The maximum Gasteiger partial charge on any atom is 0.509 e. The Bertz CT molecular complexity index is 529. The van der Waals surface area contributed by atoms with Crippen molar-refractivity contribution >= 4 is 12.1 Å². The highest BCUT2D eigenvalue weighted by molar-refractivity contribution is 5.77. The molecule has 1 aromatic carbocycles. The van der Waals surface area contributed by atoms with Crippen LogP contribution in [0.4, 0.5) is 4.79 Å². The lowest BCUT2D eigenvalue weighted by Crippen LogP contribution is -2.35. The monoisotopic (exact) mass is 294 g/mol. The molecule has 0 spiro atoms. The van der Waals surface area contributed by atoms with Crippen molar-refractivity contribution in [3.63, 3.8) is 0 Å². The van der Waals surface area contributed by atoms with E-state index in [0.29, 0.717) is 0 Å². The predicted molar refractivity (Wildman–Crippen MR) is 67.1 cm³/mol. The van der Waals surface area contributed by atoms with Crippen LogP contribution in [0.1, 0.15) is 5.56 Å². The molecule has 1 aromatic rings. The fourth-order valence-corrected chi connectivity index (χ4v) is 2.32. The van der Waals surface area contributed by atoms with Gasteiger partial charge >= 0.3 is 12.1 Å². The van der Waals surface area contributed by atoms with E-state index in [1.807, 2.05) is 30.3 Å². The lowest BCUT2D eigenvalue weighted by atomic mass is 10.1. The van der Waals surface area contributed by atoms with E-state index < -0.39 is 36.7 Å². The zero-order valence-electron chi connectivity index (χ0n) is 11.3.